The first-order chi connectivity index (χ1) is 14.3. The van der Waals surface area contributed by atoms with Gasteiger partial charge in [0.2, 0.25) is 0 Å². The molecule has 2 N–H and O–H groups in total. The summed E-state index contributed by atoms with van der Waals surface area (Å²) in [6.07, 6.45) is 2.20. The molecule has 6 heteroatoms. The third-order valence-electron chi connectivity index (χ3n) is 5.44. The van der Waals surface area contributed by atoms with Crippen LogP contribution in [-0.4, -0.2) is 56.8 Å². The SMILES string of the molecule is CN=C(NCCCN1CCc2ccccc2C1)NCC1COc2ccccc2O1. The molecule has 0 saturated heterocycles. The average Bonchev–Trinajstić information content (AvgIpc) is 2.78. The Hall–Kier alpha value is -2.73. The summed E-state index contributed by atoms with van der Waals surface area (Å²) < 4.78 is 11.7. The molecule has 6 nitrogen and oxygen atoms in total. The highest BCUT2D eigenvalue weighted by Gasteiger charge is 2.20. The van der Waals surface area contributed by atoms with Crippen molar-refractivity contribution in [1.82, 2.24) is 15.5 Å². The normalized spacial score (nSPS) is 18.8. The van der Waals surface area contributed by atoms with Crippen LogP contribution in [0, 0.1) is 0 Å². The Balaban J connectivity index is 1.14. The van der Waals surface area contributed by atoms with Crippen LogP contribution in [-0.2, 0) is 13.0 Å². The van der Waals surface area contributed by atoms with Crippen LogP contribution in [0.1, 0.15) is 17.5 Å². The average molecular weight is 395 g/mol. The highest BCUT2D eigenvalue weighted by molar-refractivity contribution is 5.79. The van der Waals surface area contributed by atoms with Crippen molar-refractivity contribution >= 4 is 5.96 Å². The van der Waals surface area contributed by atoms with E-state index < -0.39 is 0 Å². The van der Waals surface area contributed by atoms with Crippen LogP contribution < -0.4 is 20.1 Å². The fraction of sp³-hybridized carbons (Fsp3) is 0.435. The van der Waals surface area contributed by atoms with Gasteiger partial charge in [-0.25, -0.2) is 0 Å². The standard InChI is InChI=1S/C23H30N4O2/c1-24-23(26-15-20-17-28-21-9-4-5-10-22(21)29-20)25-12-6-13-27-14-11-18-7-2-3-8-19(18)16-27/h2-5,7-10,20H,6,11-17H2,1H3,(H2,24,25,26). The van der Waals surface area contributed by atoms with Crippen molar-refractivity contribution in [3.05, 3.63) is 59.7 Å². The minimum absolute atomic E-state index is 0.0307. The van der Waals surface area contributed by atoms with Gasteiger partial charge < -0.3 is 20.1 Å². The lowest BCUT2D eigenvalue weighted by atomic mass is 10.00. The largest absolute Gasteiger partial charge is 0.486 e. The zero-order chi connectivity index (χ0) is 19.9. The number of benzene rings is 2. The molecule has 1 atom stereocenters. The summed E-state index contributed by atoms with van der Waals surface area (Å²) in [5.74, 6) is 2.42. The van der Waals surface area contributed by atoms with E-state index in [1.165, 1.54) is 11.1 Å². The van der Waals surface area contributed by atoms with E-state index in [1.807, 2.05) is 24.3 Å². The van der Waals surface area contributed by atoms with Crippen LogP contribution in [0.25, 0.3) is 0 Å². The Kier molecular flexibility index (Phi) is 6.52. The highest BCUT2D eigenvalue weighted by atomic mass is 16.6. The number of aliphatic imine (C=N–C) groups is 1. The number of fused-ring (bicyclic) bond motifs is 2. The van der Waals surface area contributed by atoms with Gasteiger partial charge in [-0.3, -0.25) is 9.89 Å². The van der Waals surface area contributed by atoms with E-state index in [1.54, 1.807) is 7.05 Å². The molecule has 0 bridgehead atoms. The molecule has 2 aromatic carbocycles. The number of para-hydroxylation sites is 2. The van der Waals surface area contributed by atoms with Gasteiger partial charge in [-0.05, 0) is 36.1 Å². The van der Waals surface area contributed by atoms with Crippen molar-refractivity contribution in [3.8, 4) is 11.5 Å². The van der Waals surface area contributed by atoms with Gasteiger partial charge in [0.25, 0.3) is 0 Å². The van der Waals surface area contributed by atoms with Crippen LogP contribution in [0.2, 0.25) is 0 Å². The smallest absolute Gasteiger partial charge is 0.191 e. The molecule has 0 spiro atoms. The third-order valence-corrected chi connectivity index (χ3v) is 5.44. The third kappa shape index (κ3) is 5.21. The quantitative estimate of drug-likeness (QED) is 0.448. The molecule has 0 radical (unpaired) electrons. The van der Waals surface area contributed by atoms with E-state index in [9.17, 15) is 0 Å². The van der Waals surface area contributed by atoms with Crippen LogP contribution in [0.5, 0.6) is 11.5 Å². The number of hydrogen-bond acceptors (Lipinski definition) is 4. The van der Waals surface area contributed by atoms with Crippen molar-refractivity contribution in [2.75, 3.05) is 39.8 Å². The number of rotatable bonds is 6. The van der Waals surface area contributed by atoms with Gasteiger partial charge in [0.05, 0.1) is 6.54 Å². The van der Waals surface area contributed by atoms with E-state index in [0.29, 0.717) is 13.2 Å². The summed E-state index contributed by atoms with van der Waals surface area (Å²) in [6, 6.07) is 16.6. The van der Waals surface area contributed by atoms with Crippen molar-refractivity contribution in [3.63, 3.8) is 0 Å². The van der Waals surface area contributed by atoms with Gasteiger partial charge in [-0.2, -0.15) is 0 Å². The molecule has 154 valence electrons. The molecule has 4 rings (SSSR count). The Bertz CT molecular complexity index is 839. The molecule has 2 heterocycles. The summed E-state index contributed by atoms with van der Waals surface area (Å²) >= 11 is 0. The maximum absolute atomic E-state index is 5.98. The molecule has 2 aliphatic heterocycles. The van der Waals surface area contributed by atoms with E-state index in [4.69, 9.17) is 9.47 Å². The molecule has 2 aliphatic rings. The second-order valence-corrected chi connectivity index (χ2v) is 7.53. The summed E-state index contributed by atoms with van der Waals surface area (Å²) in [5.41, 5.74) is 2.98. The molecule has 0 aliphatic carbocycles. The van der Waals surface area contributed by atoms with Gasteiger partial charge >= 0.3 is 0 Å². The topological polar surface area (TPSA) is 58.1 Å². The minimum Gasteiger partial charge on any atom is -0.486 e. The number of ether oxygens (including phenoxy) is 2. The first kappa shape index (κ1) is 19.6. The van der Waals surface area contributed by atoms with Gasteiger partial charge in [0.1, 0.15) is 12.7 Å². The Morgan fingerprint density at radius 1 is 1.07 bits per heavy atom. The monoisotopic (exact) mass is 394 g/mol. The lowest BCUT2D eigenvalue weighted by molar-refractivity contribution is 0.0936. The second kappa shape index (κ2) is 9.65. The predicted molar refractivity (Wildman–Crippen MR) is 116 cm³/mol. The van der Waals surface area contributed by atoms with Crippen molar-refractivity contribution < 1.29 is 9.47 Å². The molecule has 0 saturated carbocycles. The number of nitrogens with one attached hydrogen (secondary N) is 2. The van der Waals surface area contributed by atoms with Crippen LogP contribution in [0.15, 0.2) is 53.5 Å². The van der Waals surface area contributed by atoms with Gasteiger partial charge in [0.15, 0.2) is 17.5 Å². The fourth-order valence-electron chi connectivity index (χ4n) is 3.85. The van der Waals surface area contributed by atoms with Crippen molar-refractivity contribution in [2.45, 2.75) is 25.5 Å². The molecule has 0 aromatic heterocycles. The molecule has 0 amide bonds. The first-order valence-electron chi connectivity index (χ1n) is 10.4. The maximum Gasteiger partial charge on any atom is 0.191 e. The summed E-state index contributed by atoms with van der Waals surface area (Å²) in [4.78, 5) is 6.85. The number of guanidine groups is 1. The number of nitrogens with zero attached hydrogens (tertiary/aromatic N) is 2. The molecule has 2 aromatic rings. The lowest BCUT2D eigenvalue weighted by Gasteiger charge is -2.29. The van der Waals surface area contributed by atoms with Crippen molar-refractivity contribution in [1.29, 1.82) is 0 Å². The summed E-state index contributed by atoms with van der Waals surface area (Å²) in [6.45, 7) is 5.37. The molecular weight excluding hydrogens is 364 g/mol. The van der Waals surface area contributed by atoms with Crippen LogP contribution in [0.4, 0.5) is 0 Å². The fourth-order valence-corrected chi connectivity index (χ4v) is 3.85. The maximum atomic E-state index is 5.98. The zero-order valence-corrected chi connectivity index (χ0v) is 17.1. The lowest BCUT2D eigenvalue weighted by Crippen LogP contribution is -2.45. The van der Waals surface area contributed by atoms with E-state index in [0.717, 1.165) is 56.5 Å². The Labute approximate surface area is 172 Å². The minimum atomic E-state index is -0.0307. The Morgan fingerprint density at radius 3 is 2.72 bits per heavy atom. The van der Waals surface area contributed by atoms with Crippen LogP contribution >= 0.6 is 0 Å². The van der Waals surface area contributed by atoms with E-state index in [-0.39, 0.29) is 6.10 Å². The Morgan fingerprint density at radius 2 is 1.86 bits per heavy atom. The zero-order valence-electron chi connectivity index (χ0n) is 17.1. The van der Waals surface area contributed by atoms with Gasteiger partial charge in [-0.15, -0.1) is 0 Å². The van der Waals surface area contributed by atoms with Crippen LogP contribution in [0.3, 0.4) is 0 Å². The summed E-state index contributed by atoms with van der Waals surface area (Å²) in [5, 5.41) is 6.74. The second-order valence-electron chi connectivity index (χ2n) is 7.53. The molecule has 29 heavy (non-hydrogen) atoms. The number of hydrogen-bond donors (Lipinski definition) is 2. The van der Waals surface area contributed by atoms with Crippen molar-refractivity contribution in [2.24, 2.45) is 4.99 Å². The van der Waals surface area contributed by atoms with E-state index >= 15 is 0 Å². The molecule has 1 unspecified atom stereocenters. The predicted octanol–water partition coefficient (Wildman–Crippen LogP) is 2.44. The van der Waals surface area contributed by atoms with Gasteiger partial charge in [0, 0.05) is 33.2 Å². The highest BCUT2D eigenvalue weighted by Crippen LogP contribution is 2.30. The van der Waals surface area contributed by atoms with E-state index in [2.05, 4.69) is 44.8 Å². The van der Waals surface area contributed by atoms with Gasteiger partial charge in [-0.1, -0.05) is 36.4 Å². The summed E-state index contributed by atoms with van der Waals surface area (Å²) in [7, 11) is 1.80. The molecule has 0 fully saturated rings. The first-order valence-corrected chi connectivity index (χ1v) is 10.4. The molecular formula is C23H30N4O2.